The largest absolute Gasteiger partial charge is 0.424 e. The molecule has 2 heterocycles. The van der Waals surface area contributed by atoms with Crippen molar-refractivity contribution in [3.63, 3.8) is 0 Å². The minimum atomic E-state index is 0.245. The number of ether oxygens (including phenoxy) is 1. The van der Waals surface area contributed by atoms with Gasteiger partial charge in [0.25, 0.3) is 0 Å². The molecule has 134 valence electrons. The zero-order valence-corrected chi connectivity index (χ0v) is 14.7. The maximum Gasteiger partial charge on any atom is 0.328 e. The van der Waals surface area contributed by atoms with Crippen LogP contribution < -0.4 is 15.0 Å². The van der Waals surface area contributed by atoms with E-state index < -0.39 is 0 Å². The lowest BCUT2D eigenvalue weighted by molar-refractivity contribution is 0.440. The van der Waals surface area contributed by atoms with E-state index in [4.69, 9.17) is 10.00 Å². The summed E-state index contributed by atoms with van der Waals surface area (Å²) in [6.07, 6.45) is 2.25. The predicted octanol–water partition coefficient (Wildman–Crippen LogP) is 3.88. The molecule has 4 rings (SSSR count). The zero-order chi connectivity index (χ0) is 18.5. The van der Waals surface area contributed by atoms with Gasteiger partial charge in [0.1, 0.15) is 5.75 Å². The number of hydrogen-bond acceptors (Lipinski definition) is 7. The first-order chi connectivity index (χ1) is 13.3. The molecular weight excluding hydrogens is 340 g/mol. The lowest BCUT2D eigenvalue weighted by Crippen LogP contribution is -2.21. The summed E-state index contributed by atoms with van der Waals surface area (Å²) in [5.74, 6) is 1.67. The van der Waals surface area contributed by atoms with Gasteiger partial charge in [0.2, 0.25) is 11.9 Å². The molecule has 3 aromatic rings. The Kier molecular flexibility index (Phi) is 4.79. The van der Waals surface area contributed by atoms with E-state index in [-0.39, 0.29) is 6.01 Å². The van der Waals surface area contributed by atoms with Gasteiger partial charge in [-0.05, 0) is 49.2 Å². The number of hydrogen-bond donors (Lipinski definition) is 1. The van der Waals surface area contributed by atoms with Crippen LogP contribution in [0.5, 0.6) is 11.8 Å². The highest BCUT2D eigenvalue weighted by molar-refractivity contribution is 5.56. The van der Waals surface area contributed by atoms with Crippen LogP contribution in [0.15, 0.2) is 54.6 Å². The lowest BCUT2D eigenvalue weighted by atomic mass is 10.2. The van der Waals surface area contributed by atoms with Gasteiger partial charge in [-0.15, -0.1) is 0 Å². The number of benzene rings is 2. The van der Waals surface area contributed by atoms with Gasteiger partial charge in [0, 0.05) is 18.8 Å². The first-order valence-corrected chi connectivity index (χ1v) is 8.81. The first-order valence-electron chi connectivity index (χ1n) is 8.81. The number of nitriles is 1. The Hall–Kier alpha value is -3.66. The van der Waals surface area contributed by atoms with Gasteiger partial charge in [-0.1, -0.05) is 18.2 Å². The molecule has 1 aliphatic rings. The van der Waals surface area contributed by atoms with Crippen LogP contribution in [-0.2, 0) is 0 Å². The summed E-state index contributed by atoms with van der Waals surface area (Å²) in [5, 5.41) is 12.1. The van der Waals surface area contributed by atoms with Gasteiger partial charge in [0.15, 0.2) is 0 Å². The molecule has 0 unspecified atom stereocenters. The van der Waals surface area contributed by atoms with Crippen LogP contribution in [0.4, 0.5) is 17.6 Å². The van der Waals surface area contributed by atoms with Gasteiger partial charge >= 0.3 is 6.01 Å². The van der Waals surface area contributed by atoms with Gasteiger partial charge < -0.3 is 15.0 Å². The van der Waals surface area contributed by atoms with E-state index in [0.717, 1.165) is 31.6 Å². The van der Waals surface area contributed by atoms with Gasteiger partial charge in [-0.25, -0.2) is 0 Å². The molecule has 0 bridgehead atoms. The monoisotopic (exact) mass is 358 g/mol. The predicted molar refractivity (Wildman–Crippen MR) is 102 cm³/mol. The molecule has 0 saturated carbocycles. The van der Waals surface area contributed by atoms with Crippen LogP contribution in [-0.4, -0.2) is 28.0 Å². The van der Waals surface area contributed by atoms with Crippen LogP contribution in [0.3, 0.4) is 0 Å². The van der Waals surface area contributed by atoms with Gasteiger partial charge in [-0.3, -0.25) is 0 Å². The first kappa shape index (κ1) is 16.8. The fourth-order valence-corrected chi connectivity index (χ4v) is 2.86. The average molecular weight is 358 g/mol. The van der Waals surface area contributed by atoms with Crippen LogP contribution in [0, 0.1) is 11.3 Å². The molecule has 27 heavy (non-hydrogen) atoms. The molecule has 0 radical (unpaired) electrons. The topological polar surface area (TPSA) is 87.0 Å². The normalized spacial score (nSPS) is 13.2. The lowest BCUT2D eigenvalue weighted by Gasteiger charge is -2.17. The minimum Gasteiger partial charge on any atom is -0.424 e. The van der Waals surface area contributed by atoms with Gasteiger partial charge in [0.05, 0.1) is 11.6 Å². The van der Waals surface area contributed by atoms with Crippen LogP contribution >= 0.6 is 0 Å². The highest BCUT2D eigenvalue weighted by atomic mass is 16.5. The zero-order valence-electron chi connectivity index (χ0n) is 14.7. The van der Waals surface area contributed by atoms with E-state index in [9.17, 15) is 0 Å². The third-order valence-electron chi connectivity index (χ3n) is 4.21. The molecular formula is C20H18N6O. The molecule has 7 heteroatoms. The highest BCUT2D eigenvalue weighted by Gasteiger charge is 2.18. The van der Waals surface area contributed by atoms with Crippen molar-refractivity contribution in [1.29, 1.82) is 5.26 Å². The van der Waals surface area contributed by atoms with Crippen molar-refractivity contribution < 1.29 is 4.74 Å². The Morgan fingerprint density at radius 3 is 2.37 bits per heavy atom. The molecule has 1 fully saturated rings. The molecule has 1 aliphatic heterocycles. The van der Waals surface area contributed by atoms with E-state index in [0.29, 0.717) is 23.2 Å². The van der Waals surface area contributed by atoms with Crippen LogP contribution in [0.1, 0.15) is 18.4 Å². The molecule has 0 aliphatic carbocycles. The Morgan fingerprint density at radius 2 is 1.67 bits per heavy atom. The number of rotatable bonds is 5. The fourth-order valence-electron chi connectivity index (χ4n) is 2.86. The summed E-state index contributed by atoms with van der Waals surface area (Å²) >= 11 is 0. The summed E-state index contributed by atoms with van der Waals surface area (Å²) in [6, 6.07) is 18.9. The summed E-state index contributed by atoms with van der Waals surface area (Å²) < 4.78 is 5.82. The molecule has 0 amide bonds. The Balaban J connectivity index is 1.63. The standard InChI is InChI=1S/C20H18N6O/c21-14-15-8-10-16(11-9-15)22-18-23-19(26-12-4-5-13-26)25-20(24-18)27-17-6-2-1-3-7-17/h1-3,6-11H,4-5,12-13H2,(H,22,23,24,25). The second-order valence-electron chi connectivity index (χ2n) is 6.17. The van der Waals surface area contributed by atoms with Crippen molar-refractivity contribution in [3.05, 3.63) is 60.2 Å². The number of para-hydroxylation sites is 1. The molecule has 1 saturated heterocycles. The van der Waals surface area contributed by atoms with Crippen molar-refractivity contribution in [1.82, 2.24) is 15.0 Å². The number of nitrogens with zero attached hydrogens (tertiary/aromatic N) is 5. The molecule has 0 atom stereocenters. The SMILES string of the molecule is N#Cc1ccc(Nc2nc(Oc3ccccc3)nc(N3CCCC3)n2)cc1. The van der Waals surface area contributed by atoms with E-state index in [2.05, 4.69) is 31.2 Å². The fraction of sp³-hybridized carbons (Fsp3) is 0.200. The molecule has 1 N–H and O–H groups in total. The van der Waals surface area contributed by atoms with E-state index in [1.165, 1.54) is 0 Å². The number of nitrogens with one attached hydrogen (secondary N) is 1. The maximum absolute atomic E-state index is 8.93. The average Bonchev–Trinajstić information content (AvgIpc) is 3.24. The van der Waals surface area contributed by atoms with Crippen molar-refractivity contribution in [2.45, 2.75) is 12.8 Å². The second-order valence-corrected chi connectivity index (χ2v) is 6.17. The molecule has 0 spiro atoms. The van der Waals surface area contributed by atoms with E-state index >= 15 is 0 Å². The molecule has 2 aromatic carbocycles. The van der Waals surface area contributed by atoms with Crippen molar-refractivity contribution in [2.24, 2.45) is 0 Å². The number of aromatic nitrogens is 3. The van der Waals surface area contributed by atoms with E-state index in [1.807, 2.05) is 42.5 Å². The van der Waals surface area contributed by atoms with Gasteiger partial charge in [-0.2, -0.15) is 20.2 Å². The van der Waals surface area contributed by atoms with Crippen molar-refractivity contribution in [2.75, 3.05) is 23.3 Å². The minimum absolute atomic E-state index is 0.245. The smallest absolute Gasteiger partial charge is 0.328 e. The second kappa shape index (κ2) is 7.70. The van der Waals surface area contributed by atoms with E-state index in [1.54, 1.807) is 12.1 Å². The Morgan fingerprint density at radius 1 is 0.926 bits per heavy atom. The third kappa shape index (κ3) is 4.12. The third-order valence-corrected chi connectivity index (χ3v) is 4.21. The molecule has 1 aromatic heterocycles. The Bertz CT molecular complexity index is 946. The van der Waals surface area contributed by atoms with Crippen LogP contribution in [0.25, 0.3) is 0 Å². The molecule has 7 nitrogen and oxygen atoms in total. The summed E-state index contributed by atoms with van der Waals surface area (Å²) in [5.41, 5.74) is 1.39. The van der Waals surface area contributed by atoms with Crippen LogP contribution in [0.2, 0.25) is 0 Å². The quantitative estimate of drug-likeness (QED) is 0.740. The maximum atomic E-state index is 8.93. The highest BCUT2D eigenvalue weighted by Crippen LogP contribution is 2.24. The summed E-state index contributed by atoms with van der Waals surface area (Å²) in [7, 11) is 0. The van der Waals surface area contributed by atoms with Crippen molar-refractivity contribution in [3.8, 4) is 17.8 Å². The summed E-state index contributed by atoms with van der Waals surface area (Å²) in [6.45, 7) is 1.84. The van der Waals surface area contributed by atoms with Crippen molar-refractivity contribution >= 4 is 17.6 Å². The summed E-state index contributed by atoms with van der Waals surface area (Å²) in [4.78, 5) is 15.5. The number of anilines is 3. The Labute approximate surface area is 157 Å².